The molecule has 1 aromatic rings. The Labute approximate surface area is 111 Å². The van der Waals surface area contributed by atoms with Crippen molar-refractivity contribution >= 4 is 5.82 Å². The summed E-state index contributed by atoms with van der Waals surface area (Å²) in [6.07, 6.45) is 2.54. The van der Waals surface area contributed by atoms with E-state index in [2.05, 4.69) is 54.2 Å². The molecule has 1 N–H and O–H groups in total. The van der Waals surface area contributed by atoms with Crippen LogP contribution in [-0.4, -0.2) is 30.7 Å². The molecule has 1 atom stereocenters. The highest BCUT2D eigenvalue weighted by molar-refractivity contribution is 5.39. The van der Waals surface area contributed by atoms with Gasteiger partial charge in [0, 0.05) is 24.8 Å². The van der Waals surface area contributed by atoms with E-state index in [0.717, 1.165) is 37.1 Å². The molecule has 18 heavy (non-hydrogen) atoms. The third-order valence-corrected chi connectivity index (χ3v) is 3.97. The van der Waals surface area contributed by atoms with Crippen molar-refractivity contribution in [2.45, 2.75) is 39.7 Å². The smallest absolute Gasteiger partial charge is 0.128 e. The zero-order chi connectivity index (χ0) is 13.0. The van der Waals surface area contributed by atoms with Crippen molar-refractivity contribution in [3.05, 3.63) is 23.9 Å². The van der Waals surface area contributed by atoms with E-state index >= 15 is 0 Å². The molecule has 1 saturated heterocycles. The lowest BCUT2D eigenvalue weighted by Crippen LogP contribution is -2.42. The van der Waals surface area contributed by atoms with Crippen LogP contribution in [0.2, 0.25) is 0 Å². The first kappa shape index (κ1) is 13.3. The van der Waals surface area contributed by atoms with Crippen LogP contribution in [0.15, 0.2) is 18.2 Å². The fraction of sp³-hybridized carbons (Fsp3) is 0.667. The van der Waals surface area contributed by atoms with Gasteiger partial charge in [0.05, 0.1) is 0 Å². The summed E-state index contributed by atoms with van der Waals surface area (Å²) in [6, 6.07) is 6.93. The van der Waals surface area contributed by atoms with Crippen LogP contribution in [0.25, 0.3) is 0 Å². The summed E-state index contributed by atoms with van der Waals surface area (Å²) < 4.78 is 0. The maximum atomic E-state index is 4.61. The molecule has 1 aliphatic rings. The summed E-state index contributed by atoms with van der Waals surface area (Å²) in [5.41, 5.74) is 1.11. The number of hydrogen-bond acceptors (Lipinski definition) is 3. The second kappa shape index (κ2) is 6.19. The minimum Gasteiger partial charge on any atom is -0.357 e. The molecule has 0 aromatic carbocycles. The van der Waals surface area contributed by atoms with Crippen molar-refractivity contribution in [1.29, 1.82) is 0 Å². The van der Waals surface area contributed by atoms with Crippen molar-refractivity contribution in [3.8, 4) is 0 Å². The molecule has 3 heteroatoms. The second-order valence-electron chi connectivity index (χ2n) is 5.31. The molecular formula is C15H25N3. The van der Waals surface area contributed by atoms with Gasteiger partial charge in [-0.15, -0.1) is 0 Å². The zero-order valence-electron chi connectivity index (χ0n) is 11.8. The zero-order valence-corrected chi connectivity index (χ0v) is 11.8. The molecule has 2 rings (SSSR count). The number of aryl methyl sites for hydroxylation is 1. The molecule has 0 bridgehead atoms. The van der Waals surface area contributed by atoms with E-state index in [4.69, 9.17) is 0 Å². The summed E-state index contributed by atoms with van der Waals surface area (Å²) >= 11 is 0. The van der Waals surface area contributed by atoms with E-state index in [0.29, 0.717) is 6.04 Å². The van der Waals surface area contributed by atoms with Crippen LogP contribution in [0, 0.1) is 12.8 Å². The lowest BCUT2D eigenvalue weighted by molar-refractivity contribution is 0.314. The van der Waals surface area contributed by atoms with Gasteiger partial charge < -0.3 is 10.2 Å². The van der Waals surface area contributed by atoms with Crippen molar-refractivity contribution in [1.82, 2.24) is 10.3 Å². The van der Waals surface area contributed by atoms with E-state index in [9.17, 15) is 0 Å². The summed E-state index contributed by atoms with van der Waals surface area (Å²) in [4.78, 5) is 7.03. The normalized spacial score (nSPS) is 18.9. The van der Waals surface area contributed by atoms with Crippen LogP contribution >= 0.6 is 0 Å². The summed E-state index contributed by atoms with van der Waals surface area (Å²) in [5.74, 6) is 1.95. The molecule has 0 saturated carbocycles. The summed E-state index contributed by atoms with van der Waals surface area (Å²) in [7, 11) is 0. The van der Waals surface area contributed by atoms with Gasteiger partial charge in [-0.05, 0) is 51.3 Å². The minimum atomic E-state index is 0.641. The second-order valence-corrected chi connectivity index (χ2v) is 5.31. The molecule has 3 nitrogen and oxygen atoms in total. The van der Waals surface area contributed by atoms with E-state index in [1.165, 1.54) is 12.8 Å². The van der Waals surface area contributed by atoms with Gasteiger partial charge in [-0.3, -0.25) is 0 Å². The van der Waals surface area contributed by atoms with Crippen molar-refractivity contribution < 1.29 is 0 Å². The molecule has 0 spiro atoms. The van der Waals surface area contributed by atoms with E-state index < -0.39 is 0 Å². The summed E-state index contributed by atoms with van der Waals surface area (Å²) in [5, 5.41) is 3.54. The Morgan fingerprint density at radius 2 is 2.11 bits per heavy atom. The van der Waals surface area contributed by atoms with Crippen LogP contribution in [0.5, 0.6) is 0 Å². The number of hydrogen-bond donors (Lipinski definition) is 1. The molecule has 1 fully saturated rings. The van der Waals surface area contributed by atoms with Gasteiger partial charge in [0.2, 0.25) is 0 Å². The summed E-state index contributed by atoms with van der Waals surface area (Å²) in [6.45, 7) is 9.90. The van der Waals surface area contributed by atoms with Crippen LogP contribution in [0.1, 0.15) is 32.4 Å². The van der Waals surface area contributed by atoms with Gasteiger partial charge in [0.25, 0.3) is 0 Å². The fourth-order valence-electron chi connectivity index (χ4n) is 2.82. The Balaban J connectivity index is 1.90. The number of piperidine rings is 1. The lowest BCUT2D eigenvalue weighted by Gasteiger charge is -2.35. The number of nitrogens with zero attached hydrogens (tertiary/aromatic N) is 2. The molecule has 1 aromatic heterocycles. The third kappa shape index (κ3) is 3.22. The lowest BCUT2D eigenvalue weighted by atomic mass is 9.90. The van der Waals surface area contributed by atoms with Gasteiger partial charge in [0.15, 0.2) is 0 Å². The Bertz CT molecular complexity index is 370. The average molecular weight is 247 g/mol. The van der Waals surface area contributed by atoms with Gasteiger partial charge in [0.1, 0.15) is 5.82 Å². The topological polar surface area (TPSA) is 28.2 Å². The first-order valence-corrected chi connectivity index (χ1v) is 7.12. The fourth-order valence-corrected chi connectivity index (χ4v) is 2.82. The van der Waals surface area contributed by atoms with Crippen molar-refractivity contribution in [3.63, 3.8) is 0 Å². The predicted octanol–water partition coefficient (Wildman–Crippen LogP) is 2.60. The quantitative estimate of drug-likeness (QED) is 0.886. The van der Waals surface area contributed by atoms with E-state index in [-0.39, 0.29) is 0 Å². The first-order chi connectivity index (χ1) is 8.70. The number of aromatic nitrogens is 1. The monoisotopic (exact) mass is 247 g/mol. The van der Waals surface area contributed by atoms with Crippen LogP contribution in [0.4, 0.5) is 5.82 Å². The highest BCUT2D eigenvalue weighted by atomic mass is 15.2. The van der Waals surface area contributed by atoms with E-state index in [1.807, 2.05) is 0 Å². The molecule has 1 unspecified atom stereocenters. The van der Waals surface area contributed by atoms with Gasteiger partial charge >= 0.3 is 0 Å². The highest BCUT2D eigenvalue weighted by Gasteiger charge is 2.23. The van der Waals surface area contributed by atoms with Gasteiger partial charge in [-0.2, -0.15) is 0 Å². The Morgan fingerprint density at radius 1 is 1.39 bits per heavy atom. The Kier molecular flexibility index (Phi) is 4.59. The minimum absolute atomic E-state index is 0.641. The van der Waals surface area contributed by atoms with E-state index in [1.54, 1.807) is 0 Å². The Morgan fingerprint density at radius 3 is 2.72 bits per heavy atom. The maximum absolute atomic E-state index is 4.61. The molecule has 100 valence electrons. The number of nitrogens with one attached hydrogen (secondary N) is 1. The molecule has 0 aliphatic carbocycles. The molecule has 0 radical (unpaired) electrons. The molecular weight excluding hydrogens is 222 g/mol. The standard InChI is InChI=1S/C15H25N3/c1-4-16-13(3)14-8-10-18(11-9-14)15-7-5-6-12(2)17-15/h5-7,13-14,16H,4,8-11H2,1-3H3. The van der Waals surface area contributed by atoms with Crippen LogP contribution in [0.3, 0.4) is 0 Å². The van der Waals surface area contributed by atoms with Crippen molar-refractivity contribution in [2.24, 2.45) is 5.92 Å². The average Bonchev–Trinajstić information content (AvgIpc) is 2.39. The Hall–Kier alpha value is -1.09. The van der Waals surface area contributed by atoms with Gasteiger partial charge in [-0.25, -0.2) is 4.98 Å². The van der Waals surface area contributed by atoms with Crippen LogP contribution in [-0.2, 0) is 0 Å². The third-order valence-electron chi connectivity index (χ3n) is 3.97. The predicted molar refractivity (Wildman–Crippen MR) is 77.0 cm³/mol. The molecule has 2 heterocycles. The first-order valence-electron chi connectivity index (χ1n) is 7.12. The number of pyridine rings is 1. The largest absolute Gasteiger partial charge is 0.357 e. The highest BCUT2D eigenvalue weighted by Crippen LogP contribution is 2.24. The van der Waals surface area contributed by atoms with Crippen molar-refractivity contribution in [2.75, 3.05) is 24.5 Å². The number of rotatable bonds is 4. The molecule has 1 aliphatic heterocycles. The maximum Gasteiger partial charge on any atom is 0.128 e. The van der Waals surface area contributed by atoms with Crippen LogP contribution < -0.4 is 10.2 Å². The number of anilines is 1. The molecule has 0 amide bonds. The van der Waals surface area contributed by atoms with Gasteiger partial charge in [-0.1, -0.05) is 13.0 Å². The SMILES string of the molecule is CCNC(C)C1CCN(c2cccc(C)n2)CC1.